The first-order chi connectivity index (χ1) is 8.97. The van der Waals surface area contributed by atoms with Crippen LogP contribution in [0, 0.1) is 0 Å². The largest absolute Gasteiger partial charge is 0.310 e. The van der Waals surface area contributed by atoms with Gasteiger partial charge in [-0.15, -0.1) is 11.3 Å². The van der Waals surface area contributed by atoms with Crippen molar-refractivity contribution < 1.29 is 0 Å². The molecule has 0 amide bonds. The number of hydrogen-bond donors (Lipinski definition) is 1. The van der Waals surface area contributed by atoms with Gasteiger partial charge in [-0.2, -0.15) is 5.10 Å². The van der Waals surface area contributed by atoms with Gasteiger partial charge in [0.1, 0.15) is 10.7 Å². The highest BCUT2D eigenvalue weighted by Gasteiger charge is 2.16. The van der Waals surface area contributed by atoms with Gasteiger partial charge in [-0.1, -0.05) is 27.7 Å². The fourth-order valence-electron chi connectivity index (χ4n) is 1.88. The normalized spacial score (nSPS) is 11.7. The van der Waals surface area contributed by atoms with Crippen LogP contribution in [0.4, 0.5) is 0 Å². The summed E-state index contributed by atoms with van der Waals surface area (Å²) in [4.78, 5) is 6.10. The zero-order valence-corrected chi connectivity index (χ0v) is 13.1. The van der Waals surface area contributed by atoms with Crippen LogP contribution in [-0.2, 0) is 13.6 Å². The van der Waals surface area contributed by atoms with E-state index in [-0.39, 0.29) is 0 Å². The van der Waals surface area contributed by atoms with E-state index >= 15 is 0 Å². The van der Waals surface area contributed by atoms with Crippen molar-refractivity contribution in [2.45, 2.75) is 46.2 Å². The Labute approximate surface area is 118 Å². The molecule has 2 aromatic heterocycles. The summed E-state index contributed by atoms with van der Waals surface area (Å²) in [6, 6.07) is 2.50. The van der Waals surface area contributed by atoms with E-state index in [1.165, 1.54) is 10.6 Å². The smallest absolute Gasteiger partial charge is 0.144 e. The average molecular weight is 278 g/mol. The first-order valence-electron chi connectivity index (χ1n) is 6.70. The lowest BCUT2D eigenvalue weighted by Gasteiger charge is -2.09. The number of aryl methyl sites for hydroxylation is 1. The van der Waals surface area contributed by atoms with Crippen LogP contribution in [0.15, 0.2) is 12.3 Å². The van der Waals surface area contributed by atoms with E-state index < -0.39 is 0 Å². The van der Waals surface area contributed by atoms with Gasteiger partial charge >= 0.3 is 0 Å². The molecule has 0 spiro atoms. The maximum atomic E-state index is 4.77. The summed E-state index contributed by atoms with van der Waals surface area (Å²) in [6.45, 7) is 9.59. The van der Waals surface area contributed by atoms with Gasteiger partial charge in [0, 0.05) is 30.7 Å². The quantitative estimate of drug-likeness (QED) is 0.913. The van der Waals surface area contributed by atoms with Crippen LogP contribution in [0.2, 0.25) is 0 Å². The molecule has 0 radical (unpaired) electrons. The minimum Gasteiger partial charge on any atom is -0.310 e. The number of rotatable bonds is 5. The minimum atomic E-state index is 0.442. The highest BCUT2D eigenvalue weighted by molar-refractivity contribution is 7.15. The van der Waals surface area contributed by atoms with Crippen molar-refractivity contribution >= 4 is 11.3 Å². The molecule has 0 aliphatic carbocycles. The molecule has 2 rings (SSSR count). The van der Waals surface area contributed by atoms with E-state index in [9.17, 15) is 0 Å². The lowest BCUT2D eigenvalue weighted by molar-refractivity contribution is 0.588. The zero-order valence-electron chi connectivity index (χ0n) is 12.3. The Morgan fingerprint density at radius 2 is 2.05 bits per heavy atom. The molecule has 2 heterocycles. The van der Waals surface area contributed by atoms with Crippen molar-refractivity contribution in [1.82, 2.24) is 20.1 Å². The third kappa shape index (κ3) is 3.42. The van der Waals surface area contributed by atoms with Crippen LogP contribution >= 0.6 is 11.3 Å². The van der Waals surface area contributed by atoms with Crippen LogP contribution in [0.5, 0.6) is 0 Å². The fourth-order valence-corrected chi connectivity index (χ4v) is 3.01. The van der Waals surface area contributed by atoms with E-state index in [1.807, 2.05) is 24.0 Å². The van der Waals surface area contributed by atoms with Crippen molar-refractivity contribution in [3.8, 4) is 10.7 Å². The molecular weight excluding hydrogens is 256 g/mol. The molecule has 0 atom stereocenters. The Bertz CT molecular complexity index is 539. The van der Waals surface area contributed by atoms with E-state index in [1.54, 1.807) is 11.3 Å². The van der Waals surface area contributed by atoms with Gasteiger partial charge < -0.3 is 5.32 Å². The maximum absolute atomic E-state index is 4.77. The predicted molar refractivity (Wildman–Crippen MR) is 80.4 cm³/mol. The van der Waals surface area contributed by atoms with Crippen LogP contribution in [0.1, 0.15) is 44.2 Å². The first-order valence-corrected chi connectivity index (χ1v) is 7.52. The van der Waals surface area contributed by atoms with Crippen LogP contribution in [0.25, 0.3) is 10.7 Å². The second-order valence-corrected chi connectivity index (χ2v) is 6.48. The molecule has 0 aromatic carbocycles. The van der Waals surface area contributed by atoms with Crippen LogP contribution < -0.4 is 5.32 Å². The van der Waals surface area contributed by atoms with Crippen molar-refractivity contribution in [1.29, 1.82) is 0 Å². The molecule has 2 aromatic rings. The molecule has 0 bridgehead atoms. The molecule has 1 N–H and O–H groups in total. The van der Waals surface area contributed by atoms with Gasteiger partial charge in [-0.25, -0.2) is 4.98 Å². The van der Waals surface area contributed by atoms with E-state index in [2.05, 4.69) is 38.1 Å². The van der Waals surface area contributed by atoms with Gasteiger partial charge in [0.2, 0.25) is 0 Å². The number of hydrogen-bond acceptors (Lipinski definition) is 4. The van der Waals surface area contributed by atoms with Gasteiger partial charge in [0.25, 0.3) is 0 Å². The lowest BCUT2D eigenvalue weighted by atomic mass is 10.1. The second kappa shape index (κ2) is 5.84. The maximum Gasteiger partial charge on any atom is 0.144 e. The summed E-state index contributed by atoms with van der Waals surface area (Å²) < 4.78 is 1.82. The van der Waals surface area contributed by atoms with Crippen LogP contribution in [0.3, 0.4) is 0 Å². The molecule has 0 aliphatic rings. The molecule has 0 saturated heterocycles. The van der Waals surface area contributed by atoms with Gasteiger partial charge in [-0.05, 0) is 12.0 Å². The number of thiazole rings is 1. The summed E-state index contributed by atoms with van der Waals surface area (Å²) in [5, 5.41) is 8.92. The molecule has 0 unspecified atom stereocenters. The molecule has 0 saturated carbocycles. The van der Waals surface area contributed by atoms with Gasteiger partial charge in [-0.3, -0.25) is 4.68 Å². The molecule has 5 heteroatoms. The van der Waals surface area contributed by atoms with Gasteiger partial charge in [0.05, 0.1) is 5.69 Å². The molecule has 0 fully saturated rings. The van der Waals surface area contributed by atoms with Crippen molar-refractivity contribution in [2.75, 3.05) is 0 Å². The summed E-state index contributed by atoms with van der Waals surface area (Å²) >= 11 is 1.75. The molecule has 104 valence electrons. The van der Waals surface area contributed by atoms with Gasteiger partial charge in [0.15, 0.2) is 0 Å². The molecule has 4 nitrogen and oxygen atoms in total. The fraction of sp³-hybridized carbons (Fsp3) is 0.571. The molecule has 0 aliphatic heterocycles. The Hall–Kier alpha value is -1.20. The average Bonchev–Trinajstić information content (AvgIpc) is 2.92. The monoisotopic (exact) mass is 278 g/mol. The number of nitrogens with zero attached hydrogens (tertiary/aromatic N) is 3. The van der Waals surface area contributed by atoms with E-state index in [4.69, 9.17) is 4.98 Å². The van der Waals surface area contributed by atoms with Crippen molar-refractivity contribution in [2.24, 2.45) is 7.05 Å². The molecule has 19 heavy (non-hydrogen) atoms. The minimum absolute atomic E-state index is 0.442. The number of aromatic nitrogens is 3. The summed E-state index contributed by atoms with van der Waals surface area (Å²) in [5.74, 6) is 0.442. The highest BCUT2D eigenvalue weighted by Crippen LogP contribution is 2.30. The van der Waals surface area contributed by atoms with Crippen molar-refractivity contribution in [3.05, 3.63) is 22.8 Å². The number of nitrogens with one attached hydrogen (secondary N) is 1. The predicted octanol–water partition coefficient (Wildman–Crippen LogP) is 3.17. The van der Waals surface area contributed by atoms with Crippen LogP contribution in [-0.4, -0.2) is 20.8 Å². The second-order valence-electron chi connectivity index (χ2n) is 5.39. The first kappa shape index (κ1) is 14.2. The Balaban J connectivity index is 2.29. The summed E-state index contributed by atoms with van der Waals surface area (Å²) in [6.07, 6.45) is 1.96. The summed E-state index contributed by atoms with van der Waals surface area (Å²) in [5.41, 5.74) is 2.16. The van der Waals surface area contributed by atoms with E-state index in [0.29, 0.717) is 12.0 Å². The molecular formula is C14H22N4S. The lowest BCUT2D eigenvalue weighted by Crippen LogP contribution is -2.22. The van der Waals surface area contributed by atoms with Crippen molar-refractivity contribution in [3.63, 3.8) is 0 Å². The Morgan fingerprint density at radius 3 is 2.58 bits per heavy atom. The highest BCUT2D eigenvalue weighted by atomic mass is 32.1. The van der Waals surface area contributed by atoms with E-state index in [0.717, 1.165) is 17.2 Å². The standard InChI is InChI=1S/C14H22N4S/c1-9(2)13-12(8-15-10(3)4)19-14(16-13)11-6-7-18(5)17-11/h6-7,9-10,15H,8H2,1-5H3. The Kier molecular flexibility index (Phi) is 4.37. The SMILES string of the molecule is CC(C)NCc1sc(-c2ccn(C)n2)nc1C(C)C. The third-order valence-electron chi connectivity index (χ3n) is 2.88. The zero-order chi connectivity index (χ0) is 14.0. The summed E-state index contributed by atoms with van der Waals surface area (Å²) in [7, 11) is 1.93. The third-order valence-corrected chi connectivity index (χ3v) is 3.97. The Morgan fingerprint density at radius 1 is 1.32 bits per heavy atom. The topological polar surface area (TPSA) is 42.7 Å².